The van der Waals surface area contributed by atoms with E-state index >= 15 is 0 Å². The fourth-order valence-electron chi connectivity index (χ4n) is 0.638. The summed E-state index contributed by atoms with van der Waals surface area (Å²) in [5.41, 5.74) is 0.965. The van der Waals surface area contributed by atoms with Crippen LogP contribution < -0.4 is 9.79 Å². The molecule has 0 amide bonds. The molecule has 0 bridgehead atoms. The van der Waals surface area contributed by atoms with E-state index in [9.17, 15) is 18.9 Å². The van der Waals surface area contributed by atoms with Crippen LogP contribution in [0.1, 0.15) is 5.56 Å². The summed E-state index contributed by atoms with van der Waals surface area (Å²) in [5, 5.41) is 8.54. The number of hydrogen-bond donors (Lipinski definition) is 1. The van der Waals surface area contributed by atoms with Gasteiger partial charge in [-0.15, -0.1) is 0 Å². The molecule has 1 aromatic carbocycles. The van der Waals surface area contributed by atoms with Crippen LogP contribution in [0.4, 0.5) is 0 Å². The SMILES string of the molecule is O=[P+]([O-])O[P+](=O)[O-].OCc1ccccc1.[Ba+2]. The van der Waals surface area contributed by atoms with Crippen molar-refractivity contribution >= 4 is 65.4 Å². The standard InChI is InChI=1S/C7H8O.Ba.O5P2/c8-6-7-4-2-1-3-5-7;;1-6(2)5-7(3)4/h1-5,8H,6H2;;/q;+2;. The molecule has 0 aliphatic rings. The monoisotopic (exact) mass is 388 g/mol. The molecule has 82 valence electrons. The van der Waals surface area contributed by atoms with Crippen LogP contribution in [0.15, 0.2) is 30.3 Å². The Morgan fingerprint density at radius 1 is 1.12 bits per heavy atom. The van der Waals surface area contributed by atoms with Gasteiger partial charge in [0.25, 0.3) is 0 Å². The molecule has 6 nitrogen and oxygen atoms in total. The second kappa shape index (κ2) is 12.3. The van der Waals surface area contributed by atoms with Crippen LogP contribution in [-0.2, 0) is 20.0 Å². The predicted octanol–water partition coefficient (Wildman–Crippen LogP) is -0.164. The number of hydrogen-bond acceptors (Lipinski definition) is 6. The average molecular weight is 387 g/mol. The first-order valence-electron chi connectivity index (χ1n) is 3.68. The van der Waals surface area contributed by atoms with E-state index < -0.39 is 16.5 Å². The van der Waals surface area contributed by atoms with E-state index in [2.05, 4.69) is 4.31 Å². The summed E-state index contributed by atoms with van der Waals surface area (Å²) in [7, 11) is -6.47. The van der Waals surface area contributed by atoms with E-state index in [1.807, 2.05) is 30.3 Å². The smallest absolute Gasteiger partial charge is 0.563 e. The van der Waals surface area contributed by atoms with Gasteiger partial charge in [-0.3, -0.25) is 0 Å². The molecule has 0 saturated heterocycles. The first kappa shape index (κ1) is 19.2. The van der Waals surface area contributed by atoms with Gasteiger partial charge in [0.05, 0.1) is 6.61 Å². The van der Waals surface area contributed by atoms with Crippen LogP contribution in [0.25, 0.3) is 0 Å². The fraction of sp³-hybridized carbons (Fsp3) is 0.143. The molecule has 0 heterocycles. The third-order valence-electron chi connectivity index (χ3n) is 1.16. The molecule has 0 radical (unpaired) electrons. The zero-order valence-corrected chi connectivity index (χ0v) is 14.4. The third-order valence-corrected chi connectivity index (χ3v) is 2.23. The first-order chi connectivity index (χ1) is 7.06. The van der Waals surface area contributed by atoms with Crippen molar-refractivity contribution in [2.75, 3.05) is 0 Å². The summed E-state index contributed by atoms with van der Waals surface area (Å²) < 4.78 is 21.6. The molecule has 9 heteroatoms. The van der Waals surface area contributed by atoms with Crippen molar-refractivity contribution in [3.63, 3.8) is 0 Å². The maximum atomic E-state index is 9.24. The van der Waals surface area contributed by atoms with Crippen molar-refractivity contribution < 1.29 is 28.3 Å². The average Bonchev–Trinajstić information content (AvgIpc) is 2.18. The Morgan fingerprint density at radius 2 is 1.56 bits per heavy atom. The predicted molar refractivity (Wildman–Crippen MR) is 54.4 cm³/mol. The molecule has 2 atom stereocenters. The molecular formula is C7H8BaO6P2+2. The maximum Gasteiger partial charge on any atom is 2.00 e. The minimum atomic E-state index is -3.24. The van der Waals surface area contributed by atoms with Crippen molar-refractivity contribution in [1.29, 1.82) is 0 Å². The van der Waals surface area contributed by atoms with Gasteiger partial charge in [0.1, 0.15) is 4.31 Å². The van der Waals surface area contributed by atoms with Gasteiger partial charge < -0.3 is 14.9 Å². The van der Waals surface area contributed by atoms with Crippen LogP contribution in [0.5, 0.6) is 0 Å². The quantitative estimate of drug-likeness (QED) is 0.570. The Labute approximate surface area is 135 Å². The number of benzene rings is 1. The molecule has 0 aliphatic heterocycles. The van der Waals surface area contributed by atoms with Crippen molar-refractivity contribution in [2.24, 2.45) is 0 Å². The van der Waals surface area contributed by atoms with E-state index in [0.717, 1.165) is 5.56 Å². The molecule has 0 spiro atoms. The Morgan fingerprint density at radius 3 is 1.75 bits per heavy atom. The van der Waals surface area contributed by atoms with E-state index in [1.165, 1.54) is 0 Å². The van der Waals surface area contributed by atoms with Crippen LogP contribution in [0.3, 0.4) is 0 Å². The largest absolute Gasteiger partial charge is 2.00 e. The number of aliphatic hydroxyl groups excluding tert-OH is 1. The topological polar surface area (TPSA) is 110 Å². The molecule has 16 heavy (non-hydrogen) atoms. The summed E-state index contributed by atoms with van der Waals surface area (Å²) >= 11 is 0. The van der Waals surface area contributed by atoms with Crippen LogP contribution in [0.2, 0.25) is 0 Å². The van der Waals surface area contributed by atoms with E-state index in [4.69, 9.17) is 5.11 Å². The molecule has 1 rings (SSSR count). The van der Waals surface area contributed by atoms with Gasteiger partial charge in [-0.25, -0.2) is 0 Å². The van der Waals surface area contributed by atoms with Gasteiger partial charge in [0.15, 0.2) is 0 Å². The summed E-state index contributed by atoms with van der Waals surface area (Å²) in [6, 6.07) is 9.52. The Bertz CT molecular complexity index is 308. The van der Waals surface area contributed by atoms with Crippen LogP contribution in [-0.4, -0.2) is 54.0 Å². The minimum absolute atomic E-state index is 0. The number of aliphatic hydroxyl groups is 1. The second-order valence-corrected chi connectivity index (χ2v) is 3.72. The molecule has 0 aromatic heterocycles. The van der Waals surface area contributed by atoms with Crippen molar-refractivity contribution in [1.82, 2.24) is 0 Å². The molecule has 1 N–H and O–H groups in total. The molecule has 0 saturated carbocycles. The summed E-state index contributed by atoms with van der Waals surface area (Å²) in [6.45, 7) is 0.140. The normalized spacial score (nSPS) is 10.4. The summed E-state index contributed by atoms with van der Waals surface area (Å²) in [6.07, 6.45) is 0. The van der Waals surface area contributed by atoms with E-state index in [-0.39, 0.29) is 55.5 Å². The zero-order chi connectivity index (χ0) is 11.7. The van der Waals surface area contributed by atoms with Gasteiger partial charge in [0.2, 0.25) is 0 Å². The fourth-order valence-corrected chi connectivity index (χ4v) is 1.07. The maximum absolute atomic E-state index is 9.24. The van der Waals surface area contributed by atoms with Gasteiger partial charge in [-0.1, -0.05) is 30.3 Å². The molecular weight excluding hydrogens is 379 g/mol. The summed E-state index contributed by atoms with van der Waals surface area (Å²) in [5.74, 6) is 0. The van der Waals surface area contributed by atoms with Crippen LogP contribution in [0, 0.1) is 0 Å². The van der Waals surface area contributed by atoms with Crippen molar-refractivity contribution in [3.05, 3.63) is 35.9 Å². The molecule has 1 aromatic rings. The summed E-state index contributed by atoms with van der Waals surface area (Å²) in [4.78, 5) is 18.5. The van der Waals surface area contributed by atoms with Crippen molar-refractivity contribution in [3.8, 4) is 0 Å². The molecule has 2 unspecified atom stereocenters. The van der Waals surface area contributed by atoms with Gasteiger partial charge >= 0.3 is 65.4 Å². The minimum Gasteiger partial charge on any atom is -0.563 e. The molecule has 0 aliphatic carbocycles. The second-order valence-electron chi connectivity index (χ2n) is 2.17. The van der Waals surface area contributed by atoms with Gasteiger partial charge in [-0.05, 0) is 14.7 Å². The van der Waals surface area contributed by atoms with E-state index in [0.29, 0.717) is 0 Å². The first-order valence-corrected chi connectivity index (χ1v) is 5.87. The Hall–Kier alpha value is 0.831. The Kier molecular flexibility index (Phi) is 14.7. The van der Waals surface area contributed by atoms with E-state index in [1.54, 1.807) is 0 Å². The van der Waals surface area contributed by atoms with Gasteiger partial charge in [-0.2, -0.15) is 0 Å². The van der Waals surface area contributed by atoms with Crippen LogP contribution >= 0.6 is 16.5 Å². The number of rotatable bonds is 3. The zero-order valence-electron chi connectivity index (χ0n) is 8.18. The molecule has 0 fully saturated rings. The third kappa shape index (κ3) is 12.9. The Balaban J connectivity index is 0. The van der Waals surface area contributed by atoms with Gasteiger partial charge in [0, 0.05) is 0 Å². The van der Waals surface area contributed by atoms with Crippen molar-refractivity contribution in [2.45, 2.75) is 6.61 Å².